The molecule has 0 aliphatic heterocycles. The normalized spacial score (nSPS) is 13.0. The van der Waals surface area contributed by atoms with E-state index in [0.29, 0.717) is 5.69 Å². The van der Waals surface area contributed by atoms with Gasteiger partial charge in [0.25, 0.3) is 17.4 Å². The summed E-state index contributed by atoms with van der Waals surface area (Å²) in [6.45, 7) is -0.678. The van der Waals surface area contributed by atoms with Crippen LogP contribution >= 0.6 is 11.8 Å². The molecule has 11 heteroatoms. The summed E-state index contributed by atoms with van der Waals surface area (Å²) in [5.74, 6) is -4.30. The first-order valence-corrected chi connectivity index (χ1v) is 9.77. The second-order valence-electron chi connectivity index (χ2n) is 6.41. The van der Waals surface area contributed by atoms with Gasteiger partial charge in [0, 0.05) is 17.0 Å². The highest BCUT2D eigenvalue weighted by atomic mass is 32.2. The maximum atomic E-state index is 12.6. The number of thioether (sulfide) groups is 1. The first-order valence-electron chi connectivity index (χ1n) is 8.89. The molecule has 0 radical (unpaired) electrons. The number of ether oxygens (including phenoxy) is 1. The standard InChI is InChI=1S/C19H17F2N3O5S/c20-19(21)30-16-4-2-1-3-14(16)23-17(25)10-29-18(26)11-5-8-13(22-12-6-7-12)15(9-11)24(27)28/h1-5,8-9,12,19,22H,6-7,10H2,(H,23,25). The number of carbonyl (C=O) groups excluding carboxylic acids is 2. The predicted molar refractivity (Wildman–Crippen MR) is 107 cm³/mol. The number of carbonyl (C=O) groups is 2. The second-order valence-corrected chi connectivity index (χ2v) is 7.44. The molecule has 0 atom stereocenters. The van der Waals surface area contributed by atoms with Crippen molar-refractivity contribution in [3.8, 4) is 0 Å². The van der Waals surface area contributed by atoms with Crippen LogP contribution in [0.25, 0.3) is 0 Å². The van der Waals surface area contributed by atoms with E-state index in [1.54, 1.807) is 12.1 Å². The summed E-state index contributed by atoms with van der Waals surface area (Å²) in [5, 5.41) is 16.7. The molecule has 1 aliphatic rings. The molecule has 2 aromatic carbocycles. The fourth-order valence-electron chi connectivity index (χ4n) is 2.55. The van der Waals surface area contributed by atoms with Crippen molar-refractivity contribution in [2.24, 2.45) is 0 Å². The minimum Gasteiger partial charge on any atom is -0.452 e. The number of rotatable bonds is 9. The fourth-order valence-corrected chi connectivity index (χ4v) is 3.14. The highest BCUT2D eigenvalue weighted by Crippen LogP contribution is 2.32. The molecule has 1 saturated carbocycles. The molecule has 1 aliphatic carbocycles. The van der Waals surface area contributed by atoms with E-state index in [4.69, 9.17) is 4.74 Å². The summed E-state index contributed by atoms with van der Waals surface area (Å²) in [6.07, 6.45) is 1.85. The summed E-state index contributed by atoms with van der Waals surface area (Å²) >= 11 is 0.277. The maximum absolute atomic E-state index is 12.6. The SMILES string of the molecule is O=C(COC(=O)c1ccc(NC2CC2)c([N+](=O)[O-])c1)Nc1ccccc1SC(F)F. The molecule has 2 N–H and O–H groups in total. The number of esters is 1. The van der Waals surface area contributed by atoms with Crippen molar-refractivity contribution < 1.29 is 28.0 Å². The number of nitrogens with zero attached hydrogens (tertiary/aromatic N) is 1. The van der Waals surface area contributed by atoms with Crippen molar-refractivity contribution in [1.29, 1.82) is 0 Å². The molecule has 2 aromatic rings. The lowest BCUT2D eigenvalue weighted by Gasteiger charge is -2.11. The van der Waals surface area contributed by atoms with Crippen molar-refractivity contribution in [3.05, 3.63) is 58.1 Å². The summed E-state index contributed by atoms with van der Waals surface area (Å²) in [7, 11) is 0. The van der Waals surface area contributed by atoms with Crippen molar-refractivity contribution in [2.75, 3.05) is 17.2 Å². The van der Waals surface area contributed by atoms with Crippen LogP contribution in [-0.2, 0) is 9.53 Å². The molecule has 0 aromatic heterocycles. The van der Waals surface area contributed by atoms with Gasteiger partial charge in [-0.15, -0.1) is 0 Å². The minimum absolute atomic E-state index is 0.0792. The third-order valence-electron chi connectivity index (χ3n) is 4.08. The van der Waals surface area contributed by atoms with E-state index in [2.05, 4.69) is 10.6 Å². The summed E-state index contributed by atoms with van der Waals surface area (Å²) < 4.78 is 30.1. The Morgan fingerprint density at radius 2 is 1.93 bits per heavy atom. The molecule has 0 unspecified atom stereocenters. The van der Waals surface area contributed by atoms with Gasteiger partial charge in [0.1, 0.15) is 5.69 Å². The van der Waals surface area contributed by atoms with Crippen LogP contribution in [-0.4, -0.2) is 35.2 Å². The third kappa shape index (κ3) is 5.89. The molecular formula is C19H17F2N3O5S. The number of para-hydroxylation sites is 1. The van der Waals surface area contributed by atoms with E-state index in [-0.39, 0.29) is 39.6 Å². The average molecular weight is 437 g/mol. The molecular weight excluding hydrogens is 420 g/mol. The van der Waals surface area contributed by atoms with Gasteiger partial charge in [-0.1, -0.05) is 23.9 Å². The Morgan fingerprint density at radius 1 is 1.20 bits per heavy atom. The summed E-state index contributed by atoms with van der Waals surface area (Å²) in [5.41, 5.74) is 0.128. The lowest BCUT2D eigenvalue weighted by Crippen LogP contribution is -2.21. The topological polar surface area (TPSA) is 111 Å². The lowest BCUT2D eigenvalue weighted by molar-refractivity contribution is -0.384. The highest BCUT2D eigenvalue weighted by molar-refractivity contribution is 7.99. The number of halogens is 2. The zero-order chi connectivity index (χ0) is 21.7. The number of benzene rings is 2. The van der Waals surface area contributed by atoms with Crippen LogP contribution in [0, 0.1) is 10.1 Å². The molecule has 0 bridgehead atoms. The van der Waals surface area contributed by atoms with E-state index >= 15 is 0 Å². The van der Waals surface area contributed by atoms with Gasteiger partial charge < -0.3 is 15.4 Å². The van der Waals surface area contributed by atoms with Crippen LogP contribution in [0.15, 0.2) is 47.4 Å². The monoisotopic (exact) mass is 437 g/mol. The maximum Gasteiger partial charge on any atom is 0.338 e. The Kier molecular flexibility index (Phi) is 6.83. The molecule has 8 nitrogen and oxygen atoms in total. The van der Waals surface area contributed by atoms with Crippen LogP contribution in [0.2, 0.25) is 0 Å². The van der Waals surface area contributed by atoms with Gasteiger partial charge in [-0.3, -0.25) is 14.9 Å². The van der Waals surface area contributed by atoms with Gasteiger partial charge >= 0.3 is 5.97 Å². The zero-order valence-electron chi connectivity index (χ0n) is 15.5. The molecule has 0 heterocycles. The van der Waals surface area contributed by atoms with Crippen LogP contribution in [0.3, 0.4) is 0 Å². The second kappa shape index (κ2) is 9.53. The molecule has 1 amide bonds. The first kappa shape index (κ1) is 21.5. The van der Waals surface area contributed by atoms with Gasteiger partial charge in [0.15, 0.2) is 6.61 Å². The number of anilines is 2. The Morgan fingerprint density at radius 3 is 2.60 bits per heavy atom. The zero-order valence-corrected chi connectivity index (χ0v) is 16.3. The summed E-state index contributed by atoms with van der Waals surface area (Å²) in [4.78, 5) is 35.1. The number of hydrogen-bond donors (Lipinski definition) is 2. The van der Waals surface area contributed by atoms with Crippen LogP contribution < -0.4 is 10.6 Å². The van der Waals surface area contributed by atoms with E-state index in [1.807, 2.05) is 0 Å². The van der Waals surface area contributed by atoms with E-state index in [1.165, 1.54) is 24.3 Å². The largest absolute Gasteiger partial charge is 0.452 e. The molecule has 0 saturated heterocycles. The van der Waals surface area contributed by atoms with E-state index in [0.717, 1.165) is 18.9 Å². The third-order valence-corrected chi connectivity index (χ3v) is 4.87. The van der Waals surface area contributed by atoms with E-state index < -0.39 is 29.2 Å². The van der Waals surface area contributed by atoms with Crippen LogP contribution in [0.4, 0.5) is 25.8 Å². The smallest absolute Gasteiger partial charge is 0.338 e. The van der Waals surface area contributed by atoms with Crippen molar-refractivity contribution in [3.63, 3.8) is 0 Å². The van der Waals surface area contributed by atoms with Crippen molar-refractivity contribution in [2.45, 2.75) is 29.5 Å². The number of nitrogens with one attached hydrogen (secondary N) is 2. The number of alkyl halides is 2. The van der Waals surface area contributed by atoms with Crippen LogP contribution in [0.1, 0.15) is 23.2 Å². The molecule has 3 rings (SSSR count). The quantitative estimate of drug-likeness (QED) is 0.261. The first-order chi connectivity index (χ1) is 14.3. The Labute approximate surface area is 174 Å². The number of nitro benzene ring substituents is 1. The fraction of sp³-hybridized carbons (Fsp3) is 0.263. The Balaban J connectivity index is 1.61. The van der Waals surface area contributed by atoms with Gasteiger partial charge in [-0.25, -0.2) is 4.79 Å². The number of amides is 1. The Bertz CT molecular complexity index is 969. The van der Waals surface area contributed by atoms with Gasteiger partial charge in [-0.2, -0.15) is 8.78 Å². The van der Waals surface area contributed by atoms with Gasteiger partial charge in [-0.05, 0) is 37.1 Å². The van der Waals surface area contributed by atoms with Crippen molar-refractivity contribution in [1.82, 2.24) is 0 Å². The molecule has 0 spiro atoms. The molecule has 30 heavy (non-hydrogen) atoms. The average Bonchev–Trinajstić information content (AvgIpc) is 3.51. The molecule has 1 fully saturated rings. The number of hydrogen-bond acceptors (Lipinski definition) is 7. The lowest BCUT2D eigenvalue weighted by atomic mass is 10.1. The minimum atomic E-state index is -2.66. The van der Waals surface area contributed by atoms with Crippen LogP contribution in [0.5, 0.6) is 0 Å². The van der Waals surface area contributed by atoms with Crippen molar-refractivity contribution >= 4 is 40.7 Å². The molecule has 158 valence electrons. The van der Waals surface area contributed by atoms with Gasteiger partial charge in [0.05, 0.1) is 16.2 Å². The highest BCUT2D eigenvalue weighted by Gasteiger charge is 2.26. The van der Waals surface area contributed by atoms with E-state index in [9.17, 15) is 28.5 Å². The Hall–Kier alpha value is -3.21. The van der Waals surface area contributed by atoms with Gasteiger partial charge in [0.2, 0.25) is 0 Å². The predicted octanol–water partition coefficient (Wildman–Crippen LogP) is 4.28. The summed E-state index contributed by atoms with van der Waals surface area (Å²) in [6, 6.07) is 10.0. The number of nitro groups is 1.